The second kappa shape index (κ2) is 6.75. The summed E-state index contributed by atoms with van der Waals surface area (Å²) in [5, 5.41) is 1.45. The number of esters is 1. The lowest BCUT2D eigenvalue weighted by Crippen LogP contribution is -3.62. The molecule has 0 fully saturated rings. The van der Waals surface area contributed by atoms with Crippen LogP contribution in [-0.2, 0) is 4.74 Å². The van der Waals surface area contributed by atoms with Crippen molar-refractivity contribution in [1.82, 2.24) is 0 Å². The predicted molar refractivity (Wildman–Crippen MR) is 84.6 cm³/mol. The number of hydrogen-bond donors (Lipinski definition) is 0. The Morgan fingerprint density at radius 2 is 1.71 bits per heavy atom. The normalized spacial score (nSPS) is 11.2. The maximum absolute atomic E-state index is 11.8. The number of halogens is 1. The largest absolute Gasteiger partial charge is 0.465 e. The molecule has 0 aromatic heterocycles. The summed E-state index contributed by atoms with van der Waals surface area (Å²) < 4.78 is 7.57. The van der Waals surface area contributed by atoms with Crippen molar-refractivity contribution < 1.29 is 30.7 Å². The summed E-state index contributed by atoms with van der Waals surface area (Å²) in [5.41, 5.74) is 0.658. The Kier molecular flexibility index (Phi) is 5.21. The van der Waals surface area contributed by atoms with Gasteiger partial charge in [-0.25, -0.2) is 4.79 Å². The van der Waals surface area contributed by atoms with Crippen LogP contribution >= 0.6 is 0 Å². The summed E-state index contributed by atoms with van der Waals surface area (Å²) in [6, 6.07) is 16.6. The monoisotopic (exact) mass is 411 g/mol. The SMILES string of the molecule is COC(=O)c1ccc([Si](C)(C)C)c([I+]c2ccccc2)c1. The lowest BCUT2D eigenvalue weighted by Gasteiger charge is -2.16. The molecule has 2 rings (SSSR count). The van der Waals surface area contributed by atoms with Crippen LogP contribution in [0.25, 0.3) is 0 Å². The molecule has 0 saturated heterocycles. The van der Waals surface area contributed by atoms with Crippen LogP contribution in [0.2, 0.25) is 19.6 Å². The van der Waals surface area contributed by atoms with E-state index in [4.69, 9.17) is 4.74 Å². The summed E-state index contributed by atoms with van der Waals surface area (Å²) in [4.78, 5) is 11.8. The third kappa shape index (κ3) is 4.17. The summed E-state index contributed by atoms with van der Waals surface area (Å²) >= 11 is -0.280. The highest BCUT2D eigenvalue weighted by atomic mass is 127. The van der Waals surface area contributed by atoms with Gasteiger partial charge in [-0.3, -0.25) is 0 Å². The highest BCUT2D eigenvalue weighted by Crippen LogP contribution is 2.06. The number of methoxy groups -OCH3 is 1. The van der Waals surface area contributed by atoms with Crippen molar-refractivity contribution in [2.75, 3.05) is 7.11 Å². The highest BCUT2D eigenvalue weighted by molar-refractivity contribution is 6.88. The minimum Gasteiger partial charge on any atom is -0.465 e. The standard InChI is InChI=1S/C17H20IO2Si/c1-20-17(19)13-10-11-16(21(2,3)4)15(12-13)18-14-8-6-5-7-9-14/h5-12H,1-4H3/q+1. The summed E-state index contributed by atoms with van der Waals surface area (Å²) in [6.45, 7) is 7.04. The Morgan fingerprint density at radius 1 is 1.05 bits per heavy atom. The molecule has 0 spiro atoms. The molecule has 0 N–H and O–H groups in total. The molecule has 0 radical (unpaired) electrons. The molecule has 2 nitrogen and oxygen atoms in total. The predicted octanol–water partition coefficient (Wildman–Crippen LogP) is 0.147. The maximum Gasteiger partial charge on any atom is 0.357 e. The molecule has 21 heavy (non-hydrogen) atoms. The fourth-order valence-electron chi connectivity index (χ4n) is 2.04. The number of carbonyl (C=O) groups excluding carboxylic acids is 1. The van der Waals surface area contributed by atoms with Gasteiger partial charge in [0.05, 0.1) is 20.7 Å². The molecular formula is C17H20IO2Si+. The lowest BCUT2D eigenvalue weighted by molar-refractivity contribution is -0.596. The van der Waals surface area contributed by atoms with Crippen molar-refractivity contribution in [3.8, 4) is 0 Å². The van der Waals surface area contributed by atoms with Crippen LogP contribution in [0.1, 0.15) is 10.4 Å². The molecule has 0 bridgehead atoms. The van der Waals surface area contributed by atoms with Crippen molar-refractivity contribution in [2.24, 2.45) is 0 Å². The Bertz CT molecular complexity index is 633. The maximum atomic E-state index is 11.8. The Hall–Kier alpha value is -1.14. The van der Waals surface area contributed by atoms with Crippen LogP contribution in [0.5, 0.6) is 0 Å². The number of hydrogen-bond acceptors (Lipinski definition) is 2. The molecule has 0 aliphatic rings. The van der Waals surface area contributed by atoms with Crippen LogP contribution < -0.4 is 26.4 Å². The molecule has 2 aromatic rings. The van der Waals surface area contributed by atoms with Gasteiger partial charge in [0.2, 0.25) is 0 Å². The average molecular weight is 411 g/mol. The zero-order valence-electron chi connectivity index (χ0n) is 12.8. The zero-order valence-corrected chi connectivity index (χ0v) is 16.0. The molecule has 2 aromatic carbocycles. The molecule has 0 aliphatic heterocycles. The van der Waals surface area contributed by atoms with Crippen LogP contribution in [0.15, 0.2) is 48.5 Å². The van der Waals surface area contributed by atoms with Gasteiger partial charge in [-0.1, -0.05) is 43.9 Å². The molecule has 0 unspecified atom stereocenters. The van der Waals surface area contributed by atoms with Gasteiger partial charge >= 0.3 is 27.2 Å². The van der Waals surface area contributed by atoms with Crippen molar-refractivity contribution in [3.05, 3.63) is 61.2 Å². The number of carbonyl (C=O) groups is 1. The second-order valence-corrected chi connectivity index (χ2v) is 13.8. The van der Waals surface area contributed by atoms with Crippen molar-refractivity contribution >= 4 is 19.2 Å². The molecule has 0 amide bonds. The summed E-state index contributed by atoms with van der Waals surface area (Å²) in [6.07, 6.45) is 0. The average Bonchev–Trinajstić information content (AvgIpc) is 2.46. The van der Waals surface area contributed by atoms with Gasteiger partial charge in [0.25, 0.3) is 0 Å². The van der Waals surface area contributed by atoms with Gasteiger partial charge in [-0.05, 0) is 23.4 Å². The first-order valence-corrected chi connectivity index (χ1v) is 12.5. The van der Waals surface area contributed by atoms with E-state index in [0.717, 1.165) is 0 Å². The number of benzene rings is 2. The van der Waals surface area contributed by atoms with E-state index in [1.54, 1.807) is 0 Å². The quantitative estimate of drug-likeness (QED) is 0.407. The van der Waals surface area contributed by atoms with E-state index in [1.165, 1.54) is 19.4 Å². The third-order valence-corrected chi connectivity index (χ3v) is 8.52. The van der Waals surface area contributed by atoms with Gasteiger partial charge in [0, 0.05) is 6.07 Å². The van der Waals surface area contributed by atoms with Crippen molar-refractivity contribution in [1.29, 1.82) is 0 Å². The van der Waals surface area contributed by atoms with E-state index < -0.39 is 8.07 Å². The molecule has 110 valence electrons. The van der Waals surface area contributed by atoms with Gasteiger partial charge in [-0.15, -0.1) is 0 Å². The van der Waals surface area contributed by atoms with Gasteiger partial charge in [0.1, 0.15) is 0 Å². The lowest BCUT2D eigenvalue weighted by atomic mass is 10.2. The molecule has 0 saturated carbocycles. The Morgan fingerprint density at radius 3 is 2.29 bits per heavy atom. The van der Waals surface area contributed by atoms with E-state index in [1.807, 2.05) is 18.2 Å². The third-order valence-electron chi connectivity index (χ3n) is 3.14. The molecular weight excluding hydrogens is 391 g/mol. The molecule has 0 heterocycles. The van der Waals surface area contributed by atoms with E-state index in [2.05, 4.69) is 50.0 Å². The zero-order chi connectivity index (χ0) is 15.5. The first-order chi connectivity index (χ1) is 9.91. The Labute approximate surface area is 137 Å². The fourth-order valence-corrected chi connectivity index (χ4v) is 8.56. The highest BCUT2D eigenvalue weighted by Gasteiger charge is 2.29. The van der Waals surface area contributed by atoms with Crippen molar-refractivity contribution in [3.63, 3.8) is 0 Å². The van der Waals surface area contributed by atoms with Crippen LogP contribution in [0, 0.1) is 7.14 Å². The summed E-state index contributed by atoms with van der Waals surface area (Å²) in [5.74, 6) is -0.254. The van der Waals surface area contributed by atoms with Crippen LogP contribution in [-0.4, -0.2) is 21.2 Å². The van der Waals surface area contributed by atoms with Crippen LogP contribution in [0.4, 0.5) is 0 Å². The topological polar surface area (TPSA) is 26.3 Å². The van der Waals surface area contributed by atoms with Gasteiger partial charge in [0.15, 0.2) is 7.14 Å². The van der Waals surface area contributed by atoms with Gasteiger partial charge in [-0.2, -0.15) is 0 Å². The minimum absolute atomic E-state index is 0.254. The molecule has 0 aliphatic carbocycles. The molecule has 4 heteroatoms. The second-order valence-electron chi connectivity index (χ2n) is 5.83. The van der Waals surface area contributed by atoms with E-state index in [9.17, 15) is 4.79 Å². The van der Waals surface area contributed by atoms with E-state index >= 15 is 0 Å². The van der Waals surface area contributed by atoms with E-state index in [0.29, 0.717) is 5.56 Å². The van der Waals surface area contributed by atoms with Crippen LogP contribution in [0.3, 0.4) is 0 Å². The molecule has 0 atom stereocenters. The Balaban J connectivity index is 2.46. The number of rotatable bonds is 4. The van der Waals surface area contributed by atoms with Crippen molar-refractivity contribution in [2.45, 2.75) is 19.6 Å². The van der Waals surface area contributed by atoms with Gasteiger partial charge < -0.3 is 4.74 Å². The first kappa shape index (κ1) is 16.2. The first-order valence-electron chi connectivity index (χ1n) is 6.84. The van der Waals surface area contributed by atoms with E-state index in [-0.39, 0.29) is 27.2 Å². The number of ether oxygens (including phenoxy) is 1. The summed E-state index contributed by atoms with van der Waals surface area (Å²) in [7, 11) is 0.00698. The smallest absolute Gasteiger partial charge is 0.357 e. The fraction of sp³-hybridized carbons (Fsp3) is 0.235. The minimum atomic E-state index is -1.42.